The van der Waals surface area contributed by atoms with Crippen molar-refractivity contribution in [2.24, 2.45) is 5.16 Å². The SMILES string of the molecule is CC(=O)OCC1=C(C(=O)O)N2C(=O)C(NC(=O)C(=NOCC(=O)O)c3csc(N)n3)[C@H]2SC1. The van der Waals surface area contributed by atoms with Crippen LogP contribution in [0.4, 0.5) is 5.13 Å². The normalized spacial score (nSPS) is 20.0. The van der Waals surface area contributed by atoms with Crippen molar-refractivity contribution < 1.29 is 43.8 Å². The van der Waals surface area contributed by atoms with E-state index in [0.29, 0.717) is 0 Å². The van der Waals surface area contributed by atoms with Crippen LogP contribution in [0, 0.1) is 0 Å². The minimum absolute atomic E-state index is 0.00935. The molecule has 14 nitrogen and oxygen atoms in total. The van der Waals surface area contributed by atoms with E-state index in [9.17, 15) is 29.1 Å². The van der Waals surface area contributed by atoms with Crippen LogP contribution in [0.5, 0.6) is 0 Å². The number of aliphatic carboxylic acids is 2. The van der Waals surface area contributed by atoms with Crippen molar-refractivity contribution in [2.75, 3.05) is 24.7 Å². The number of carboxylic acid groups (broad SMARTS) is 2. The van der Waals surface area contributed by atoms with E-state index in [4.69, 9.17) is 15.6 Å². The monoisotopic (exact) mass is 499 g/mol. The van der Waals surface area contributed by atoms with Gasteiger partial charge >= 0.3 is 17.9 Å². The molecule has 33 heavy (non-hydrogen) atoms. The summed E-state index contributed by atoms with van der Waals surface area (Å²) in [7, 11) is 0. The van der Waals surface area contributed by atoms with Crippen LogP contribution in [0.25, 0.3) is 0 Å². The number of β-lactam (4-membered cyclic amide) rings is 1. The quantitative estimate of drug-likeness (QED) is 0.137. The molecule has 2 aliphatic rings. The Morgan fingerprint density at radius 3 is 2.67 bits per heavy atom. The molecule has 2 amide bonds. The number of hydrogen-bond donors (Lipinski definition) is 4. The van der Waals surface area contributed by atoms with E-state index in [0.717, 1.165) is 16.2 Å². The number of nitrogens with two attached hydrogens (primary N) is 1. The Morgan fingerprint density at radius 2 is 2.09 bits per heavy atom. The molecule has 0 radical (unpaired) electrons. The lowest BCUT2D eigenvalue weighted by molar-refractivity contribution is -0.150. The zero-order valence-electron chi connectivity index (χ0n) is 16.8. The number of thiazole rings is 1. The van der Waals surface area contributed by atoms with E-state index >= 15 is 0 Å². The van der Waals surface area contributed by atoms with Gasteiger partial charge in [-0.2, -0.15) is 0 Å². The van der Waals surface area contributed by atoms with Gasteiger partial charge in [0.2, 0.25) is 6.61 Å². The lowest BCUT2D eigenvalue weighted by Gasteiger charge is -2.49. The molecule has 0 bridgehead atoms. The van der Waals surface area contributed by atoms with Crippen LogP contribution in [0.1, 0.15) is 12.6 Å². The third kappa shape index (κ3) is 5.23. The summed E-state index contributed by atoms with van der Waals surface area (Å²) in [5, 5.41) is 25.0. The summed E-state index contributed by atoms with van der Waals surface area (Å²) in [6.45, 7) is 0.0821. The first-order chi connectivity index (χ1) is 15.6. The van der Waals surface area contributed by atoms with Gasteiger partial charge in [-0.15, -0.1) is 23.1 Å². The lowest BCUT2D eigenvalue weighted by atomic mass is 10.0. The number of fused-ring (bicyclic) bond motifs is 1. The number of nitrogens with one attached hydrogen (secondary N) is 1. The van der Waals surface area contributed by atoms with Crippen LogP contribution < -0.4 is 11.1 Å². The largest absolute Gasteiger partial charge is 0.479 e. The molecule has 0 saturated carbocycles. The third-order valence-electron chi connectivity index (χ3n) is 4.31. The number of oxime groups is 1. The number of thioether (sulfide) groups is 1. The van der Waals surface area contributed by atoms with Gasteiger partial charge in [0.15, 0.2) is 10.8 Å². The van der Waals surface area contributed by atoms with Crippen LogP contribution >= 0.6 is 23.1 Å². The molecule has 1 aromatic rings. The Morgan fingerprint density at radius 1 is 1.36 bits per heavy atom. The second-order valence-corrected chi connectivity index (χ2v) is 8.57. The predicted octanol–water partition coefficient (Wildman–Crippen LogP) is -1.17. The fourth-order valence-electron chi connectivity index (χ4n) is 2.95. The molecule has 1 unspecified atom stereocenters. The number of carboxylic acids is 2. The summed E-state index contributed by atoms with van der Waals surface area (Å²) in [6, 6.07) is -1.09. The smallest absolute Gasteiger partial charge is 0.352 e. The molecule has 2 aliphatic heterocycles. The topological polar surface area (TPSA) is 211 Å². The number of nitrogens with zero attached hydrogens (tertiary/aromatic N) is 3. The first-order valence-electron chi connectivity index (χ1n) is 9.07. The van der Waals surface area contributed by atoms with Crippen LogP contribution in [0.15, 0.2) is 21.8 Å². The number of ether oxygens (including phenoxy) is 1. The summed E-state index contributed by atoms with van der Waals surface area (Å²) in [4.78, 5) is 68.5. The fraction of sp³-hybridized carbons (Fsp3) is 0.353. The van der Waals surface area contributed by atoms with E-state index < -0.39 is 53.5 Å². The molecule has 5 N–H and O–H groups in total. The number of anilines is 1. The number of carbonyl (C=O) groups excluding carboxylic acids is 3. The summed E-state index contributed by atoms with van der Waals surface area (Å²) in [5.74, 6) is -4.72. The third-order valence-corrected chi connectivity index (χ3v) is 6.32. The van der Waals surface area contributed by atoms with Crippen molar-refractivity contribution in [3.8, 4) is 0 Å². The van der Waals surface area contributed by atoms with Gasteiger partial charge in [0, 0.05) is 23.6 Å². The number of carbonyl (C=O) groups is 5. The molecule has 0 aromatic carbocycles. The highest BCUT2D eigenvalue weighted by atomic mass is 32.2. The van der Waals surface area contributed by atoms with Gasteiger partial charge in [-0.05, 0) is 0 Å². The van der Waals surface area contributed by atoms with Crippen LogP contribution in [-0.4, -0.2) is 85.9 Å². The molecular formula is C17H17N5O9S2. The molecule has 1 fully saturated rings. The Balaban J connectivity index is 1.78. The van der Waals surface area contributed by atoms with E-state index in [2.05, 4.69) is 20.3 Å². The molecule has 2 atom stereocenters. The molecule has 0 spiro atoms. The van der Waals surface area contributed by atoms with Crippen molar-refractivity contribution >= 4 is 63.7 Å². The minimum atomic E-state index is -1.37. The van der Waals surface area contributed by atoms with Gasteiger partial charge in [-0.1, -0.05) is 5.16 Å². The van der Waals surface area contributed by atoms with Crippen molar-refractivity contribution in [3.05, 3.63) is 22.3 Å². The minimum Gasteiger partial charge on any atom is -0.479 e. The number of rotatable bonds is 9. The highest BCUT2D eigenvalue weighted by Gasteiger charge is 2.54. The highest BCUT2D eigenvalue weighted by Crippen LogP contribution is 2.40. The number of aromatic nitrogens is 1. The Hall–Kier alpha value is -3.66. The fourth-order valence-corrected chi connectivity index (χ4v) is 4.82. The molecule has 3 heterocycles. The lowest BCUT2D eigenvalue weighted by Crippen LogP contribution is -2.71. The van der Waals surface area contributed by atoms with Crippen molar-refractivity contribution in [2.45, 2.75) is 18.3 Å². The summed E-state index contributed by atoms with van der Waals surface area (Å²) in [6.07, 6.45) is 0. The molecule has 3 rings (SSSR count). The first-order valence-corrected chi connectivity index (χ1v) is 11.0. The van der Waals surface area contributed by atoms with Crippen LogP contribution in [-0.2, 0) is 33.5 Å². The standard InChI is InChI=1S/C17H17N5O9S2/c1-6(23)30-2-7-4-32-15-11(14(27)22(15)12(7)16(28)29)20-13(26)10(21-31-3-9(24)25)8-5-33-17(18)19-8/h5,11,15H,2-4H2,1H3,(H2,18,19)(H,20,26)(H,24,25)(H,28,29)/t11?,15-/m1/s1. The predicted molar refractivity (Wildman–Crippen MR) is 113 cm³/mol. The van der Waals surface area contributed by atoms with Gasteiger partial charge in [-0.3, -0.25) is 19.3 Å². The van der Waals surface area contributed by atoms with Crippen LogP contribution in [0.3, 0.4) is 0 Å². The molecule has 16 heteroatoms. The summed E-state index contributed by atoms with van der Waals surface area (Å²) in [5.41, 5.74) is 5.12. The maximum absolute atomic E-state index is 12.8. The number of nitrogen functional groups attached to an aromatic ring is 1. The Kier molecular flexibility index (Phi) is 7.17. The summed E-state index contributed by atoms with van der Waals surface area (Å²) >= 11 is 2.18. The Bertz CT molecular complexity index is 1080. The second kappa shape index (κ2) is 9.86. The van der Waals surface area contributed by atoms with Gasteiger partial charge in [0.25, 0.3) is 11.8 Å². The van der Waals surface area contributed by atoms with Crippen molar-refractivity contribution in [1.82, 2.24) is 15.2 Å². The maximum atomic E-state index is 12.8. The van der Waals surface area contributed by atoms with Gasteiger partial charge in [0.1, 0.15) is 29.4 Å². The van der Waals surface area contributed by atoms with Gasteiger partial charge in [0.05, 0.1) is 0 Å². The number of amides is 2. The average Bonchev–Trinajstić information content (AvgIpc) is 3.17. The van der Waals surface area contributed by atoms with Crippen LogP contribution in [0.2, 0.25) is 0 Å². The zero-order chi connectivity index (χ0) is 24.3. The summed E-state index contributed by atoms with van der Waals surface area (Å²) < 4.78 is 4.86. The molecule has 1 aromatic heterocycles. The van der Waals surface area contributed by atoms with Crippen molar-refractivity contribution in [1.29, 1.82) is 0 Å². The van der Waals surface area contributed by atoms with Gasteiger partial charge in [-0.25, -0.2) is 14.6 Å². The molecule has 176 valence electrons. The number of esters is 1. The molecular weight excluding hydrogens is 482 g/mol. The van der Waals surface area contributed by atoms with Gasteiger partial charge < -0.3 is 30.8 Å². The van der Waals surface area contributed by atoms with E-state index in [1.54, 1.807) is 0 Å². The highest BCUT2D eigenvalue weighted by molar-refractivity contribution is 8.00. The average molecular weight is 499 g/mol. The zero-order valence-corrected chi connectivity index (χ0v) is 18.5. The maximum Gasteiger partial charge on any atom is 0.352 e. The second-order valence-electron chi connectivity index (χ2n) is 6.58. The first kappa shape index (κ1) is 24.0. The Labute approximate surface area is 193 Å². The molecule has 0 aliphatic carbocycles. The van der Waals surface area contributed by atoms with E-state index in [-0.39, 0.29) is 34.5 Å². The molecule has 1 saturated heterocycles. The van der Waals surface area contributed by atoms with E-state index in [1.807, 2.05) is 0 Å². The van der Waals surface area contributed by atoms with Crippen molar-refractivity contribution in [3.63, 3.8) is 0 Å². The number of hydrogen-bond acceptors (Lipinski definition) is 12. The van der Waals surface area contributed by atoms with E-state index in [1.165, 1.54) is 24.1 Å².